The molecule has 0 unspecified atom stereocenters. The van der Waals surface area contributed by atoms with E-state index in [1.165, 1.54) is 0 Å². The molecule has 0 aliphatic heterocycles. The number of hydrogen-bond donors (Lipinski definition) is 3. The Morgan fingerprint density at radius 1 is 1.38 bits per heavy atom. The number of hydrogen-bond acceptors (Lipinski definition) is 3. The van der Waals surface area contributed by atoms with Gasteiger partial charge in [-0.25, -0.2) is 4.79 Å². The van der Waals surface area contributed by atoms with Crippen molar-refractivity contribution in [3.05, 3.63) is 0 Å². The van der Waals surface area contributed by atoms with Gasteiger partial charge in [-0.1, -0.05) is 13.8 Å². The molecule has 3 amide bonds. The van der Waals surface area contributed by atoms with Crippen LogP contribution in [-0.4, -0.2) is 25.0 Å². The fourth-order valence-corrected chi connectivity index (χ4v) is 0.774. The highest BCUT2D eigenvalue weighted by Gasteiger charge is 2.02. The quantitative estimate of drug-likeness (QED) is 0.522. The Morgan fingerprint density at radius 2 is 2.00 bits per heavy atom. The van der Waals surface area contributed by atoms with E-state index in [4.69, 9.17) is 5.73 Å². The molecule has 0 heterocycles. The summed E-state index contributed by atoms with van der Waals surface area (Å²) >= 11 is 0. The number of imide groups is 1. The smallest absolute Gasteiger partial charge is 0.318 e. The zero-order valence-electron chi connectivity index (χ0n) is 8.09. The zero-order chi connectivity index (χ0) is 10.3. The number of urea groups is 1. The Bertz CT molecular complexity index is 180. The van der Waals surface area contributed by atoms with Crippen LogP contribution in [0.15, 0.2) is 0 Å². The molecule has 0 atom stereocenters. The number of carbonyl (C=O) groups is 2. The van der Waals surface area contributed by atoms with Crippen LogP contribution in [0.5, 0.6) is 0 Å². The predicted octanol–water partition coefficient (Wildman–Crippen LogP) is -0.183. The molecule has 0 aromatic carbocycles. The van der Waals surface area contributed by atoms with Crippen molar-refractivity contribution in [2.45, 2.75) is 20.3 Å². The lowest BCUT2D eigenvalue weighted by Gasteiger charge is -2.05. The molecule has 5 heteroatoms. The second-order valence-corrected chi connectivity index (χ2v) is 3.27. The lowest BCUT2D eigenvalue weighted by molar-refractivity contribution is -0.119. The van der Waals surface area contributed by atoms with E-state index in [0.29, 0.717) is 5.92 Å². The van der Waals surface area contributed by atoms with E-state index in [-0.39, 0.29) is 6.54 Å². The molecule has 4 N–H and O–H groups in total. The molecule has 0 aromatic rings. The summed E-state index contributed by atoms with van der Waals surface area (Å²) in [5, 5.41) is 4.87. The molecule has 0 spiro atoms. The standard InChI is InChI=1S/C8H17N3O2/c1-6(2)3-4-10-5-7(12)11-8(9)13/h6,10H,3-5H2,1-2H3,(H3,9,11,12,13). The minimum absolute atomic E-state index is 0.135. The van der Waals surface area contributed by atoms with Crippen LogP contribution in [0.3, 0.4) is 0 Å². The first-order chi connectivity index (χ1) is 6.02. The second-order valence-electron chi connectivity index (χ2n) is 3.27. The number of nitrogens with two attached hydrogens (primary N) is 1. The van der Waals surface area contributed by atoms with Crippen molar-refractivity contribution in [1.82, 2.24) is 10.6 Å². The Hall–Kier alpha value is -1.10. The van der Waals surface area contributed by atoms with E-state index in [9.17, 15) is 9.59 Å². The van der Waals surface area contributed by atoms with Crippen molar-refractivity contribution in [2.75, 3.05) is 13.1 Å². The number of rotatable bonds is 5. The van der Waals surface area contributed by atoms with Gasteiger partial charge >= 0.3 is 6.03 Å². The van der Waals surface area contributed by atoms with Gasteiger partial charge in [-0.2, -0.15) is 0 Å². The summed E-state index contributed by atoms with van der Waals surface area (Å²) in [5.41, 5.74) is 4.75. The molecular weight excluding hydrogens is 170 g/mol. The SMILES string of the molecule is CC(C)CCNCC(=O)NC(N)=O. The van der Waals surface area contributed by atoms with Crippen LogP contribution >= 0.6 is 0 Å². The van der Waals surface area contributed by atoms with Gasteiger partial charge in [0.05, 0.1) is 6.54 Å². The van der Waals surface area contributed by atoms with Crippen LogP contribution < -0.4 is 16.4 Å². The average molecular weight is 187 g/mol. The van der Waals surface area contributed by atoms with E-state index in [0.717, 1.165) is 13.0 Å². The van der Waals surface area contributed by atoms with Crippen LogP contribution in [0.25, 0.3) is 0 Å². The van der Waals surface area contributed by atoms with Crippen molar-refractivity contribution in [3.8, 4) is 0 Å². The molecule has 0 bridgehead atoms. The summed E-state index contributed by atoms with van der Waals surface area (Å²) in [7, 11) is 0. The van der Waals surface area contributed by atoms with Crippen molar-refractivity contribution >= 4 is 11.9 Å². The van der Waals surface area contributed by atoms with Gasteiger partial charge in [-0.3, -0.25) is 10.1 Å². The number of carbonyl (C=O) groups excluding carboxylic acids is 2. The molecule has 0 radical (unpaired) electrons. The highest BCUT2D eigenvalue weighted by molar-refractivity contribution is 5.94. The molecule has 0 fully saturated rings. The van der Waals surface area contributed by atoms with E-state index in [1.54, 1.807) is 0 Å². The average Bonchev–Trinajstić information content (AvgIpc) is 1.96. The molecule has 0 aliphatic rings. The normalized spacial score (nSPS) is 10.1. The lowest BCUT2D eigenvalue weighted by atomic mass is 10.1. The molecule has 0 saturated carbocycles. The largest absolute Gasteiger partial charge is 0.351 e. The highest BCUT2D eigenvalue weighted by atomic mass is 16.2. The third kappa shape index (κ3) is 8.81. The summed E-state index contributed by atoms with van der Waals surface area (Å²) in [6, 6.07) is -0.810. The topological polar surface area (TPSA) is 84.2 Å². The summed E-state index contributed by atoms with van der Waals surface area (Å²) < 4.78 is 0. The van der Waals surface area contributed by atoms with Crippen LogP contribution in [0.1, 0.15) is 20.3 Å². The Kier molecular flexibility index (Phi) is 5.88. The number of amides is 3. The van der Waals surface area contributed by atoms with Crippen LogP contribution in [0.4, 0.5) is 4.79 Å². The van der Waals surface area contributed by atoms with Gasteiger partial charge in [0, 0.05) is 0 Å². The first kappa shape index (κ1) is 11.9. The Labute approximate surface area is 78.1 Å². The van der Waals surface area contributed by atoms with E-state index in [2.05, 4.69) is 19.2 Å². The van der Waals surface area contributed by atoms with E-state index >= 15 is 0 Å². The van der Waals surface area contributed by atoms with Crippen LogP contribution in [0, 0.1) is 5.92 Å². The predicted molar refractivity (Wildman–Crippen MR) is 50.1 cm³/mol. The summed E-state index contributed by atoms with van der Waals surface area (Å²) in [4.78, 5) is 21.0. The van der Waals surface area contributed by atoms with Gasteiger partial charge < -0.3 is 11.1 Å². The minimum atomic E-state index is -0.810. The summed E-state index contributed by atoms with van der Waals surface area (Å²) in [6.07, 6.45) is 1.00. The third-order valence-corrected chi connectivity index (χ3v) is 1.45. The fourth-order valence-electron chi connectivity index (χ4n) is 0.774. The van der Waals surface area contributed by atoms with Gasteiger partial charge in [0.1, 0.15) is 0 Å². The van der Waals surface area contributed by atoms with Crippen molar-refractivity contribution in [1.29, 1.82) is 0 Å². The van der Waals surface area contributed by atoms with E-state index in [1.807, 2.05) is 5.32 Å². The minimum Gasteiger partial charge on any atom is -0.351 e. The van der Waals surface area contributed by atoms with Crippen LogP contribution in [-0.2, 0) is 4.79 Å². The zero-order valence-corrected chi connectivity index (χ0v) is 8.09. The van der Waals surface area contributed by atoms with Gasteiger partial charge in [0.2, 0.25) is 5.91 Å². The highest BCUT2D eigenvalue weighted by Crippen LogP contribution is 1.95. The second kappa shape index (κ2) is 6.42. The first-order valence-electron chi connectivity index (χ1n) is 4.32. The maximum atomic E-state index is 10.8. The molecule has 5 nitrogen and oxygen atoms in total. The van der Waals surface area contributed by atoms with Crippen molar-refractivity contribution in [2.24, 2.45) is 11.7 Å². The lowest BCUT2D eigenvalue weighted by Crippen LogP contribution is -2.40. The monoisotopic (exact) mass is 187 g/mol. The molecule has 0 aromatic heterocycles. The molecule has 76 valence electrons. The fraction of sp³-hybridized carbons (Fsp3) is 0.750. The van der Waals surface area contributed by atoms with E-state index < -0.39 is 11.9 Å². The molecule has 0 aliphatic carbocycles. The molecule has 13 heavy (non-hydrogen) atoms. The molecular formula is C8H17N3O2. The Morgan fingerprint density at radius 3 is 2.46 bits per heavy atom. The van der Waals surface area contributed by atoms with Crippen LogP contribution in [0.2, 0.25) is 0 Å². The summed E-state index contributed by atoms with van der Waals surface area (Å²) in [6.45, 7) is 5.11. The third-order valence-electron chi connectivity index (χ3n) is 1.45. The maximum Gasteiger partial charge on any atom is 0.318 e. The summed E-state index contributed by atoms with van der Waals surface area (Å²) in [5.74, 6) is 0.211. The van der Waals surface area contributed by atoms with Gasteiger partial charge in [-0.15, -0.1) is 0 Å². The van der Waals surface area contributed by atoms with Crippen molar-refractivity contribution < 1.29 is 9.59 Å². The molecule has 0 rings (SSSR count). The number of primary amides is 1. The van der Waals surface area contributed by atoms with Gasteiger partial charge in [-0.05, 0) is 18.9 Å². The first-order valence-corrected chi connectivity index (χ1v) is 4.32. The Balaban J connectivity index is 3.32. The molecule has 0 saturated heterocycles. The maximum absolute atomic E-state index is 10.8. The van der Waals surface area contributed by atoms with Gasteiger partial charge in [0.15, 0.2) is 0 Å². The van der Waals surface area contributed by atoms with Gasteiger partial charge in [0.25, 0.3) is 0 Å². The number of nitrogens with one attached hydrogen (secondary N) is 2. The van der Waals surface area contributed by atoms with Crippen molar-refractivity contribution in [3.63, 3.8) is 0 Å².